The van der Waals surface area contributed by atoms with E-state index in [0.717, 1.165) is 6.42 Å². The Kier molecular flexibility index (Phi) is 1.45. The minimum atomic E-state index is -0.697. The SMILES string of the molecule is CC(N)C1CC1C(=O)O. The van der Waals surface area contributed by atoms with Gasteiger partial charge in [0.05, 0.1) is 5.92 Å². The lowest BCUT2D eigenvalue weighted by Crippen LogP contribution is -2.19. The number of rotatable bonds is 2. The monoisotopic (exact) mass is 129 g/mol. The van der Waals surface area contributed by atoms with Gasteiger partial charge in [0.25, 0.3) is 0 Å². The van der Waals surface area contributed by atoms with E-state index < -0.39 is 5.97 Å². The average Bonchev–Trinajstić information content (AvgIpc) is 2.39. The molecule has 0 aromatic carbocycles. The number of carboxylic acid groups (broad SMARTS) is 1. The third kappa shape index (κ3) is 1.21. The molecule has 0 saturated heterocycles. The van der Waals surface area contributed by atoms with Gasteiger partial charge in [0.2, 0.25) is 0 Å². The van der Waals surface area contributed by atoms with Crippen LogP contribution in [0.4, 0.5) is 0 Å². The first-order valence-electron chi connectivity index (χ1n) is 3.11. The maximum absolute atomic E-state index is 10.2. The molecule has 1 saturated carbocycles. The van der Waals surface area contributed by atoms with Crippen LogP contribution in [0.5, 0.6) is 0 Å². The Labute approximate surface area is 53.9 Å². The normalized spacial score (nSPS) is 35.8. The van der Waals surface area contributed by atoms with Gasteiger partial charge in [-0.3, -0.25) is 4.79 Å². The van der Waals surface area contributed by atoms with Crippen LogP contribution in [0.1, 0.15) is 13.3 Å². The van der Waals surface area contributed by atoms with E-state index in [1.807, 2.05) is 6.92 Å². The first-order chi connectivity index (χ1) is 4.13. The Morgan fingerprint density at radius 1 is 1.89 bits per heavy atom. The second kappa shape index (κ2) is 1.99. The second-order valence-electron chi connectivity index (χ2n) is 2.70. The standard InChI is InChI=1S/C6H11NO2/c1-3(7)4-2-5(4)6(8)9/h3-5H,2,7H2,1H3,(H,8,9). The van der Waals surface area contributed by atoms with Gasteiger partial charge in [-0.1, -0.05) is 0 Å². The van der Waals surface area contributed by atoms with Crippen molar-refractivity contribution < 1.29 is 9.90 Å². The van der Waals surface area contributed by atoms with Gasteiger partial charge < -0.3 is 10.8 Å². The summed E-state index contributed by atoms with van der Waals surface area (Å²) in [5, 5.41) is 8.42. The fourth-order valence-electron chi connectivity index (χ4n) is 1.08. The second-order valence-corrected chi connectivity index (χ2v) is 2.70. The smallest absolute Gasteiger partial charge is 0.306 e. The van der Waals surface area contributed by atoms with Crippen LogP contribution in [-0.4, -0.2) is 17.1 Å². The lowest BCUT2D eigenvalue weighted by atomic mass is 10.2. The average molecular weight is 129 g/mol. The van der Waals surface area contributed by atoms with Gasteiger partial charge >= 0.3 is 5.97 Å². The summed E-state index contributed by atoms with van der Waals surface area (Å²) in [6, 6.07) is 0.0473. The van der Waals surface area contributed by atoms with Crippen molar-refractivity contribution in [2.45, 2.75) is 19.4 Å². The third-order valence-electron chi connectivity index (χ3n) is 1.83. The molecule has 1 aliphatic carbocycles. The molecule has 52 valence electrons. The highest BCUT2D eigenvalue weighted by Gasteiger charge is 2.45. The number of carboxylic acids is 1. The van der Waals surface area contributed by atoms with E-state index >= 15 is 0 Å². The molecule has 0 spiro atoms. The van der Waals surface area contributed by atoms with Crippen LogP contribution in [-0.2, 0) is 4.79 Å². The molecule has 1 rings (SSSR count). The Morgan fingerprint density at radius 2 is 2.44 bits per heavy atom. The Hall–Kier alpha value is -0.570. The Morgan fingerprint density at radius 3 is 2.56 bits per heavy atom. The first-order valence-corrected chi connectivity index (χ1v) is 3.11. The highest BCUT2D eigenvalue weighted by atomic mass is 16.4. The third-order valence-corrected chi connectivity index (χ3v) is 1.83. The number of carbonyl (C=O) groups is 1. The minimum absolute atomic E-state index is 0.0473. The van der Waals surface area contributed by atoms with Crippen molar-refractivity contribution in [3.63, 3.8) is 0 Å². The lowest BCUT2D eigenvalue weighted by Gasteiger charge is -1.98. The molecule has 0 radical (unpaired) electrons. The van der Waals surface area contributed by atoms with E-state index in [4.69, 9.17) is 10.8 Å². The van der Waals surface area contributed by atoms with Crippen LogP contribution < -0.4 is 5.73 Å². The molecule has 0 aromatic heterocycles. The summed E-state index contributed by atoms with van der Waals surface area (Å²) in [6.07, 6.45) is 0.771. The molecule has 3 heteroatoms. The van der Waals surface area contributed by atoms with Gasteiger partial charge in [0, 0.05) is 6.04 Å². The molecule has 3 nitrogen and oxygen atoms in total. The van der Waals surface area contributed by atoms with Crippen molar-refractivity contribution in [2.24, 2.45) is 17.6 Å². The molecule has 0 bridgehead atoms. The fraction of sp³-hybridized carbons (Fsp3) is 0.833. The van der Waals surface area contributed by atoms with E-state index in [0.29, 0.717) is 0 Å². The number of hydrogen-bond donors (Lipinski definition) is 2. The van der Waals surface area contributed by atoms with E-state index in [1.54, 1.807) is 0 Å². The van der Waals surface area contributed by atoms with Crippen LogP contribution in [0.3, 0.4) is 0 Å². The number of hydrogen-bond acceptors (Lipinski definition) is 2. The van der Waals surface area contributed by atoms with Gasteiger partial charge in [0.15, 0.2) is 0 Å². The van der Waals surface area contributed by atoms with Crippen LogP contribution in [0.2, 0.25) is 0 Å². The zero-order valence-electron chi connectivity index (χ0n) is 5.37. The van der Waals surface area contributed by atoms with E-state index in [2.05, 4.69) is 0 Å². The molecule has 1 aliphatic rings. The summed E-state index contributed by atoms with van der Waals surface area (Å²) in [5.41, 5.74) is 5.46. The summed E-state index contributed by atoms with van der Waals surface area (Å²) in [7, 11) is 0. The summed E-state index contributed by atoms with van der Waals surface area (Å²) in [6.45, 7) is 1.85. The largest absolute Gasteiger partial charge is 0.481 e. The molecule has 3 unspecified atom stereocenters. The predicted octanol–water partition coefficient (Wildman–Crippen LogP) is 0.0543. The first kappa shape index (κ1) is 6.55. The van der Waals surface area contributed by atoms with Crippen LogP contribution in [0, 0.1) is 11.8 Å². The molecule has 9 heavy (non-hydrogen) atoms. The summed E-state index contributed by atoms with van der Waals surface area (Å²) >= 11 is 0. The van der Waals surface area contributed by atoms with Gasteiger partial charge in [-0.05, 0) is 19.3 Å². The maximum Gasteiger partial charge on any atom is 0.306 e. The van der Waals surface area contributed by atoms with Crippen LogP contribution in [0.25, 0.3) is 0 Å². The zero-order chi connectivity index (χ0) is 7.02. The number of aliphatic carboxylic acids is 1. The van der Waals surface area contributed by atoms with Crippen LogP contribution in [0.15, 0.2) is 0 Å². The summed E-state index contributed by atoms with van der Waals surface area (Å²) < 4.78 is 0. The molecule has 1 fully saturated rings. The zero-order valence-corrected chi connectivity index (χ0v) is 5.37. The van der Waals surface area contributed by atoms with Gasteiger partial charge in [0.1, 0.15) is 0 Å². The minimum Gasteiger partial charge on any atom is -0.481 e. The lowest BCUT2D eigenvalue weighted by molar-refractivity contribution is -0.138. The van der Waals surface area contributed by atoms with Crippen molar-refractivity contribution in [2.75, 3.05) is 0 Å². The molecule has 3 N–H and O–H groups in total. The fourth-order valence-corrected chi connectivity index (χ4v) is 1.08. The van der Waals surface area contributed by atoms with Crippen molar-refractivity contribution in [1.29, 1.82) is 0 Å². The van der Waals surface area contributed by atoms with Gasteiger partial charge in [-0.2, -0.15) is 0 Å². The van der Waals surface area contributed by atoms with Crippen molar-refractivity contribution in [3.8, 4) is 0 Å². The summed E-state index contributed by atoms with van der Waals surface area (Å²) in [5.74, 6) is -0.607. The highest BCUT2D eigenvalue weighted by molar-refractivity contribution is 5.73. The van der Waals surface area contributed by atoms with Crippen molar-refractivity contribution >= 4 is 5.97 Å². The van der Waals surface area contributed by atoms with Crippen molar-refractivity contribution in [3.05, 3.63) is 0 Å². The molecular weight excluding hydrogens is 118 g/mol. The van der Waals surface area contributed by atoms with Gasteiger partial charge in [-0.25, -0.2) is 0 Å². The molecule has 3 atom stereocenters. The topological polar surface area (TPSA) is 63.3 Å². The number of nitrogens with two attached hydrogens (primary N) is 1. The predicted molar refractivity (Wildman–Crippen MR) is 32.9 cm³/mol. The van der Waals surface area contributed by atoms with Crippen LogP contribution >= 0.6 is 0 Å². The molecule has 0 aromatic rings. The van der Waals surface area contributed by atoms with Crippen molar-refractivity contribution in [1.82, 2.24) is 0 Å². The highest BCUT2D eigenvalue weighted by Crippen LogP contribution is 2.40. The molecule has 0 aliphatic heterocycles. The van der Waals surface area contributed by atoms with E-state index in [9.17, 15) is 4.79 Å². The Balaban J connectivity index is 2.33. The Bertz CT molecular complexity index is 133. The molecular formula is C6H11NO2. The maximum atomic E-state index is 10.2. The molecule has 0 amide bonds. The van der Waals surface area contributed by atoms with E-state index in [1.165, 1.54) is 0 Å². The van der Waals surface area contributed by atoms with E-state index in [-0.39, 0.29) is 17.9 Å². The quantitative estimate of drug-likeness (QED) is 0.554. The van der Waals surface area contributed by atoms with Gasteiger partial charge in [-0.15, -0.1) is 0 Å². The summed E-state index contributed by atoms with van der Waals surface area (Å²) in [4.78, 5) is 10.2. The molecule has 0 heterocycles.